The second-order valence-electron chi connectivity index (χ2n) is 7.20. The number of halogens is 2. The Bertz CT molecular complexity index is 1180. The molecule has 9 heteroatoms. The number of hydrogen-bond acceptors (Lipinski definition) is 4. The highest BCUT2D eigenvalue weighted by atomic mass is 35.5. The Hall–Kier alpha value is -2.87. The van der Waals surface area contributed by atoms with Crippen molar-refractivity contribution in [1.82, 2.24) is 0 Å². The molecule has 0 spiro atoms. The van der Waals surface area contributed by atoms with Crippen molar-refractivity contribution in [2.45, 2.75) is 19.8 Å². The summed E-state index contributed by atoms with van der Waals surface area (Å²) in [5.41, 5.74) is 7.68. The first kappa shape index (κ1) is 23.8. The summed E-state index contributed by atoms with van der Waals surface area (Å²) in [6.45, 7) is 1.78. The van der Waals surface area contributed by atoms with Gasteiger partial charge in [0.15, 0.2) is 0 Å². The van der Waals surface area contributed by atoms with Crippen LogP contribution in [0.5, 0.6) is 0 Å². The third kappa shape index (κ3) is 5.48. The van der Waals surface area contributed by atoms with Crippen LogP contribution in [0.3, 0.4) is 0 Å². The molecule has 0 aliphatic heterocycles. The number of carbonyl (C=O) groups is 3. The molecular weight excluding hydrogens is 471 g/mol. The fraction of sp³-hybridized carbons (Fsp3) is 0.174. The van der Waals surface area contributed by atoms with Crippen LogP contribution in [0.25, 0.3) is 11.1 Å². The van der Waals surface area contributed by atoms with E-state index in [9.17, 15) is 19.5 Å². The summed E-state index contributed by atoms with van der Waals surface area (Å²) in [7, 11) is 0. The number of benzene rings is 2. The summed E-state index contributed by atoms with van der Waals surface area (Å²) in [5.74, 6) is -3.16. The molecule has 0 radical (unpaired) electrons. The molecule has 0 aliphatic carbocycles. The number of carboxylic acid groups (broad SMARTS) is 1. The van der Waals surface area contributed by atoms with Gasteiger partial charge in [-0.25, -0.2) is 0 Å². The van der Waals surface area contributed by atoms with Crippen molar-refractivity contribution in [3.8, 4) is 11.1 Å². The van der Waals surface area contributed by atoms with Crippen LogP contribution in [0.1, 0.15) is 27.2 Å². The zero-order chi connectivity index (χ0) is 23.4. The second kappa shape index (κ2) is 10.2. The maximum Gasteiger partial charge on any atom is 0.304 e. The highest BCUT2D eigenvalue weighted by Crippen LogP contribution is 2.43. The number of rotatable bonds is 8. The average molecular weight is 491 g/mol. The number of nitrogens with one attached hydrogen (secondary N) is 1. The van der Waals surface area contributed by atoms with E-state index in [2.05, 4.69) is 5.32 Å². The number of primary amides is 1. The van der Waals surface area contributed by atoms with Crippen molar-refractivity contribution in [2.24, 2.45) is 11.7 Å². The van der Waals surface area contributed by atoms with Gasteiger partial charge in [0.2, 0.25) is 5.91 Å². The van der Waals surface area contributed by atoms with E-state index in [1.54, 1.807) is 25.1 Å². The number of anilines is 1. The van der Waals surface area contributed by atoms with Gasteiger partial charge in [0, 0.05) is 26.0 Å². The molecule has 3 aromatic rings. The maximum atomic E-state index is 13.0. The summed E-state index contributed by atoms with van der Waals surface area (Å²) in [6.07, 6.45) is -0.113. The fourth-order valence-electron chi connectivity index (χ4n) is 3.47. The van der Waals surface area contributed by atoms with Crippen LogP contribution in [0.4, 0.5) is 5.00 Å². The van der Waals surface area contributed by atoms with Crippen molar-refractivity contribution >= 4 is 57.3 Å². The highest BCUT2D eigenvalue weighted by molar-refractivity contribution is 7.17. The Labute approximate surface area is 199 Å². The lowest BCUT2D eigenvalue weighted by molar-refractivity contribution is -0.140. The predicted octanol–water partition coefficient (Wildman–Crippen LogP) is 5.40. The first-order chi connectivity index (χ1) is 15.2. The SMILES string of the molecule is Cc1sc(NC(=O)[C@@H](CC(=O)O)Cc2ccccc2)c(C(N)=O)c1-c1ccc(Cl)cc1Cl. The van der Waals surface area contributed by atoms with Gasteiger partial charge in [0.25, 0.3) is 5.91 Å². The topological polar surface area (TPSA) is 109 Å². The van der Waals surface area contributed by atoms with Crippen LogP contribution in [-0.4, -0.2) is 22.9 Å². The zero-order valence-corrected chi connectivity index (χ0v) is 19.4. The third-order valence-electron chi connectivity index (χ3n) is 4.88. The minimum atomic E-state index is -1.09. The minimum Gasteiger partial charge on any atom is -0.481 e. The van der Waals surface area contributed by atoms with Gasteiger partial charge in [-0.3, -0.25) is 14.4 Å². The van der Waals surface area contributed by atoms with Crippen molar-refractivity contribution in [2.75, 3.05) is 5.32 Å². The van der Waals surface area contributed by atoms with Crippen LogP contribution in [0.2, 0.25) is 10.0 Å². The Morgan fingerprint density at radius 2 is 1.81 bits per heavy atom. The summed E-state index contributed by atoms with van der Waals surface area (Å²) < 4.78 is 0. The number of carbonyl (C=O) groups excluding carboxylic acids is 2. The standard InChI is InChI=1S/C23H20Cl2N2O4S/c1-12-19(16-8-7-15(24)11-17(16)25)20(21(26)30)23(32-12)27-22(31)14(10-18(28)29)9-13-5-3-2-4-6-13/h2-8,11,14H,9-10H2,1H3,(H2,26,30)(H,27,31)(H,28,29)/t14-/m1/s1. The van der Waals surface area contributed by atoms with Crippen LogP contribution in [0, 0.1) is 12.8 Å². The van der Waals surface area contributed by atoms with Crippen molar-refractivity contribution in [3.63, 3.8) is 0 Å². The van der Waals surface area contributed by atoms with Crippen LogP contribution in [-0.2, 0) is 16.0 Å². The fourth-order valence-corrected chi connectivity index (χ4v) is 5.04. The zero-order valence-electron chi connectivity index (χ0n) is 17.0. The van der Waals surface area contributed by atoms with Gasteiger partial charge in [0.05, 0.1) is 17.9 Å². The summed E-state index contributed by atoms with van der Waals surface area (Å²) >= 11 is 13.5. The Morgan fingerprint density at radius 1 is 1.12 bits per heavy atom. The number of nitrogens with two attached hydrogens (primary N) is 1. The maximum absolute atomic E-state index is 13.0. The highest BCUT2D eigenvalue weighted by Gasteiger charge is 2.28. The Morgan fingerprint density at radius 3 is 2.41 bits per heavy atom. The first-order valence-corrected chi connectivity index (χ1v) is 11.2. The lowest BCUT2D eigenvalue weighted by Gasteiger charge is -2.15. The van der Waals surface area contributed by atoms with Gasteiger partial charge in [-0.05, 0) is 31.0 Å². The number of carboxylic acids is 1. The Balaban J connectivity index is 1.97. The molecule has 1 atom stereocenters. The van der Waals surface area contributed by atoms with Crippen molar-refractivity contribution < 1.29 is 19.5 Å². The summed E-state index contributed by atoms with van der Waals surface area (Å²) in [5, 5.41) is 13.1. The molecule has 166 valence electrons. The normalized spacial score (nSPS) is 11.7. The van der Waals surface area contributed by atoms with Crippen LogP contribution in [0.15, 0.2) is 48.5 Å². The Kier molecular flexibility index (Phi) is 7.56. The van der Waals surface area contributed by atoms with E-state index in [-0.39, 0.29) is 23.4 Å². The number of amides is 2. The lowest BCUT2D eigenvalue weighted by atomic mass is 9.95. The summed E-state index contributed by atoms with van der Waals surface area (Å²) in [4.78, 5) is 37.5. The second-order valence-corrected chi connectivity index (χ2v) is 9.27. The minimum absolute atomic E-state index is 0.124. The molecular formula is C23H20Cl2N2O4S. The molecule has 0 saturated heterocycles. The molecule has 0 bridgehead atoms. The molecule has 0 aliphatic rings. The smallest absolute Gasteiger partial charge is 0.304 e. The molecule has 6 nitrogen and oxygen atoms in total. The van der Waals surface area contributed by atoms with E-state index in [1.165, 1.54) is 11.3 Å². The number of aliphatic carboxylic acids is 1. The van der Waals surface area contributed by atoms with Crippen molar-refractivity contribution in [1.29, 1.82) is 0 Å². The van der Waals surface area contributed by atoms with Crippen LogP contribution < -0.4 is 11.1 Å². The first-order valence-electron chi connectivity index (χ1n) is 9.62. The van der Waals surface area contributed by atoms with E-state index in [0.717, 1.165) is 10.4 Å². The van der Waals surface area contributed by atoms with Gasteiger partial charge in [-0.15, -0.1) is 11.3 Å². The molecule has 0 fully saturated rings. The van der Waals surface area contributed by atoms with Gasteiger partial charge in [-0.2, -0.15) is 0 Å². The molecule has 2 amide bonds. The van der Waals surface area contributed by atoms with Gasteiger partial charge in [-0.1, -0.05) is 59.6 Å². The monoisotopic (exact) mass is 490 g/mol. The van der Waals surface area contributed by atoms with E-state index in [4.69, 9.17) is 28.9 Å². The summed E-state index contributed by atoms with van der Waals surface area (Å²) in [6, 6.07) is 14.0. The predicted molar refractivity (Wildman–Crippen MR) is 128 cm³/mol. The van der Waals surface area contributed by atoms with E-state index in [0.29, 0.717) is 21.2 Å². The molecule has 2 aromatic carbocycles. The average Bonchev–Trinajstić information content (AvgIpc) is 3.03. The number of thiophene rings is 1. The quantitative estimate of drug-likeness (QED) is 0.392. The van der Waals surface area contributed by atoms with E-state index >= 15 is 0 Å². The molecule has 32 heavy (non-hydrogen) atoms. The molecule has 3 rings (SSSR count). The third-order valence-corrected chi connectivity index (χ3v) is 6.45. The molecule has 4 N–H and O–H groups in total. The van der Waals surface area contributed by atoms with Gasteiger partial charge < -0.3 is 16.2 Å². The molecule has 1 aromatic heterocycles. The van der Waals surface area contributed by atoms with Gasteiger partial charge >= 0.3 is 5.97 Å². The number of hydrogen-bond donors (Lipinski definition) is 3. The molecule has 1 heterocycles. The van der Waals surface area contributed by atoms with Crippen LogP contribution >= 0.6 is 34.5 Å². The number of aryl methyl sites for hydroxylation is 1. The largest absolute Gasteiger partial charge is 0.481 e. The van der Waals surface area contributed by atoms with E-state index < -0.39 is 23.7 Å². The molecule has 0 unspecified atom stereocenters. The van der Waals surface area contributed by atoms with Crippen molar-refractivity contribution in [3.05, 3.63) is 74.6 Å². The lowest BCUT2D eigenvalue weighted by Crippen LogP contribution is -2.27. The molecule has 0 saturated carbocycles. The van der Waals surface area contributed by atoms with Gasteiger partial charge in [0.1, 0.15) is 5.00 Å². The van der Waals surface area contributed by atoms with E-state index in [1.807, 2.05) is 30.3 Å².